The number of morpholine rings is 1. The van der Waals surface area contributed by atoms with Crippen LogP contribution in [0.4, 0.5) is 0 Å². The van der Waals surface area contributed by atoms with E-state index in [1.807, 2.05) is 4.90 Å². The lowest BCUT2D eigenvalue weighted by atomic mass is 10.0. The Kier molecular flexibility index (Phi) is 15.9. The molecule has 0 N–H and O–H groups in total. The molecule has 1 amide bonds. The van der Waals surface area contributed by atoms with Crippen molar-refractivity contribution in [1.82, 2.24) is 4.90 Å². The molecule has 0 aliphatic carbocycles. The fourth-order valence-corrected chi connectivity index (χ4v) is 3.98. The van der Waals surface area contributed by atoms with E-state index in [2.05, 4.69) is 6.92 Å². The smallest absolute Gasteiger partial charge is 0.302 e. The second-order valence-electron chi connectivity index (χ2n) is 8.44. The normalized spacial score (nSPS) is 15.3. The molecule has 1 fully saturated rings. The molecule has 0 aromatic rings. The molecule has 170 valence electrons. The van der Waals surface area contributed by atoms with Gasteiger partial charge in [-0.15, -0.1) is 0 Å². The molecule has 0 radical (unpaired) electrons. The van der Waals surface area contributed by atoms with Crippen molar-refractivity contribution < 1.29 is 19.1 Å². The second kappa shape index (κ2) is 17.7. The summed E-state index contributed by atoms with van der Waals surface area (Å²) in [5.74, 6) is 0.155. The monoisotopic (exact) mass is 411 g/mol. The third-order valence-corrected chi connectivity index (χ3v) is 5.74. The minimum Gasteiger partial charge on any atom is -0.463 e. The van der Waals surface area contributed by atoms with Crippen molar-refractivity contribution in [1.29, 1.82) is 0 Å². The SMILES string of the molecule is CCCCCCC(CCCCCCCCCCC(=O)N1CCOCC1)OC(C)=O. The Hall–Kier alpha value is -1.10. The van der Waals surface area contributed by atoms with Gasteiger partial charge in [0.2, 0.25) is 5.91 Å². The highest BCUT2D eigenvalue weighted by atomic mass is 16.5. The summed E-state index contributed by atoms with van der Waals surface area (Å²) in [6.45, 7) is 6.63. The van der Waals surface area contributed by atoms with Crippen molar-refractivity contribution in [2.75, 3.05) is 26.3 Å². The van der Waals surface area contributed by atoms with E-state index in [0.717, 1.165) is 45.2 Å². The number of ether oxygens (including phenoxy) is 2. The molecule has 1 unspecified atom stereocenters. The van der Waals surface area contributed by atoms with Crippen molar-refractivity contribution in [3.05, 3.63) is 0 Å². The average Bonchev–Trinajstić information content (AvgIpc) is 2.72. The topological polar surface area (TPSA) is 55.8 Å². The molecule has 0 spiro atoms. The third-order valence-electron chi connectivity index (χ3n) is 5.74. The Bertz CT molecular complexity index is 421. The van der Waals surface area contributed by atoms with Gasteiger partial charge < -0.3 is 14.4 Å². The Morgan fingerprint density at radius 1 is 0.828 bits per heavy atom. The van der Waals surface area contributed by atoms with E-state index in [4.69, 9.17) is 9.47 Å². The molecule has 1 saturated heterocycles. The Balaban J connectivity index is 1.93. The van der Waals surface area contributed by atoms with Crippen LogP contribution in [0.5, 0.6) is 0 Å². The van der Waals surface area contributed by atoms with E-state index in [0.29, 0.717) is 25.5 Å². The summed E-state index contributed by atoms with van der Waals surface area (Å²) < 4.78 is 10.8. The van der Waals surface area contributed by atoms with Crippen LogP contribution >= 0.6 is 0 Å². The van der Waals surface area contributed by atoms with Crippen LogP contribution < -0.4 is 0 Å². The molecule has 0 aromatic carbocycles. The lowest BCUT2D eigenvalue weighted by Gasteiger charge is -2.26. The molecule has 0 bridgehead atoms. The predicted octanol–water partition coefficient (Wildman–Crippen LogP) is 5.65. The minimum absolute atomic E-state index is 0.119. The van der Waals surface area contributed by atoms with E-state index >= 15 is 0 Å². The molecule has 1 aliphatic heterocycles. The van der Waals surface area contributed by atoms with Crippen molar-refractivity contribution >= 4 is 11.9 Å². The maximum Gasteiger partial charge on any atom is 0.302 e. The molecule has 0 saturated carbocycles. The Labute approximate surface area is 178 Å². The number of hydrogen-bond acceptors (Lipinski definition) is 4. The van der Waals surface area contributed by atoms with E-state index in [1.54, 1.807) is 0 Å². The molecule has 1 aliphatic rings. The number of nitrogens with zero attached hydrogens (tertiary/aromatic N) is 1. The summed E-state index contributed by atoms with van der Waals surface area (Å²) in [6.07, 6.45) is 17.3. The van der Waals surface area contributed by atoms with Gasteiger partial charge in [0.05, 0.1) is 13.2 Å². The van der Waals surface area contributed by atoms with Gasteiger partial charge in [-0.05, 0) is 32.1 Å². The van der Waals surface area contributed by atoms with Crippen molar-refractivity contribution in [2.45, 2.75) is 116 Å². The van der Waals surface area contributed by atoms with Gasteiger partial charge in [-0.25, -0.2) is 0 Å². The van der Waals surface area contributed by atoms with E-state index in [9.17, 15) is 9.59 Å². The fourth-order valence-electron chi connectivity index (χ4n) is 3.98. The predicted molar refractivity (Wildman–Crippen MR) is 118 cm³/mol. The molecule has 0 aromatic heterocycles. The van der Waals surface area contributed by atoms with Crippen LogP contribution in [0, 0.1) is 0 Å². The molecule has 5 nitrogen and oxygen atoms in total. The number of esters is 1. The van der Waals surface area contributed by atoms with Crippen LogP contribution in [-0.4, -0.2) is 49.2 Å². The lowest BCUT2D eigenvalue weighted by molar-refractivity contribution is -0.147. The van der Waals surface area contributed by atoms with Crippen LogP contribution in [0.3, 0.4) is 0 Å². The number of amides is 1. The third kappa shape index (κ3) is 14.5. The number of carbonyl (C=O) groups is 2. The summed E-state index contributed by atoms with van der Waals surface area (Å²) in [5, 5.41) is 0. The quantitative estimate of drug-likeness (QED) is 0.229. The number of carbonyl (C=O) groups excluding carboxylic acids is 2. The first-order valence-corrected chi connectivity index (χ1v) is 12.2. The molecular formula is C24H45NO4. The van der Waals surface area contributed by atoms with E-state index < -0.39 is 0 Å². The van der Waals surface area contributed by atoms with Crippen LogP contribution in [-0.2, 0) is 19.1 Å². The largest absolute Gasteiger partial charge is 0.463 e. The Morgan fingerprint density at radius 3 is 1.90 bits per heavy atom. The zero-order valence-electron chi connectivity index (χ0n) is 19.1. The van der Waals surface area contributed by atoms with Gasteiger partial charge in [-0.3, -0.25) is 9.59 Å². The van der Waals surface area contributed by atoms with E-state index in [-0.39, 0.29) is 12.1 Å². The number of hydrogen-bond donors (Lipinski definition) is 0. The van der Waals surface area contributed by atoms with Crippen LogP contribution in [0.25, 0.3) is 0 Å². The number of unbranched alkanes of at least 4 members (excludes halogenated alkanes) is 10. The highest BCUT2D eigenvalue weighted by molar-refractivity contribution is 5.76. The van der Waals surface area contributed by atoms with Crippen molar-refractivity contribution in [3.8, 4) is 0 Å². The summed E-state index contributed by atoms with van der Waals surface area (Å²) >= 11 is 0. The Morgan fingerprint density at radius 2 is 1.34 bits per heavy atom. The highest BCUT2D eigenvalue weighted by Gasteiger charge is 2.15. The van der Waals surface area contributed by atoms with Crippen LogP contribution in [0.1, 0.15) is 110 Å². The maximum absolute atomic E-state index is 12.1. The fraction of sp³-hybridized carbons (Fsp3) is 0.917. The number of rotatable bonds is 17. The maximum atomic E-state index is 12.1. The van der Waals surface area contributed by atoms with Gasteiger partial charge in [0.1, 0.15) is 6.10 Å². The van der Waals surface area contributed by atoms with Crippen LogP contribution in [0.15, 0.2) is 0 Å². The first-order valence-electron chi connectivity index (χ1n) is 12.2. The molecule has 1 atom stereocenters. The molecule has 29 heavy (non-hydrogen) atoms. The lowest BCUT2D eigenvalue weighted by Crippen LogP contribution is -2.40. The summed E-state index contributed by atoms with van der Waals surface area (Å²) in [5.41, 5.74) is 0. The summed E-state index contributed by atoms with van der Waals surface area (Å²) in [6, 6.07) is 0. The van der Waals surface area contributed by atoms with Gasteiger partial charge in [0.25, 0.3) is 0 Å². The average molecular weight is 412 g/mol. The first-order chi connectivity index (χ1) is 14.1. The standard InChI is InChI=1S/C24H45NO4/c1-3-4-5-12-15-23(29-22(2)26)16-13-10-8-6-7-9-11-14-17-24(27)25-18-20-28-21-19-25/h23H,3-21H2,1-2H3. The molecule has 1 rings (SSSR count). The van der Waals surface area contributed by atoms with Gasteiger partial charge in [0, 0.05) is 26.4 Å². The highest BCUT2D eigenvalue weighted by Crippen LogP contribution is 2.17. The second-order valence-corrected chi connectivity index (χ2v) is 8.44. The molecule has 1 heterocycles. The van der Waals surface area contributed by atoms with E-state index in [1.165, 1.54) is 64.7 Å². The van der Waals surface area contributed by atoms with Crippen molar-refractivity contribution in [3.63, 3.8) is 0 Å². The van der Waals surface area contributed by atoms with Gasteiger partial charge >= 0.3 is 5.97 Å². The zero-order valence-corrected chi connectivity index (χ0v) is 19.1. The van der Waals surface area contributed by atoms with Gasteiger partial charge in [0.15, 0.2) is 0 Å². The summed E-state index contributed by atoms with van der Waals surface area (Å²) in [4.78, 5) is 25.3. The van der Waals surface area contributed by atoms with Crippen LogP contribution in [0.2, 0.25) is 0 Å². The van der Waals surface area contributed by atoms with Crippen molar-refractivity contribution in [2.24, 2.45) is 0 Å². The minimum atomic E-state index is -0.141. The van der Waals surface area contributed by atoms with Gasteiger partial charge in [-0.1, -0.05) is 64.7 Å². The zero-order chi connectivity index (χ0) is 21.2. The summed E-state index contributed by atoms with van der Waals surface area (Å²) in [7, 11) is 0. The molecule has 5 heteroatoms. The first kappa shape index (κ1) is 25.9. The molecular weight excluding hydrogens is 366 g/mol. The van der Waals surface area contributed by atoms with Gasteiger partial charge in [-0.2, -0.15) is 0 Å².